The molecule has 1 aromatic carbocycles. The summed E-state index contributed by atoms with van der Waals surface area (Å²) in [7, 11) is 0. The van der Waals surface area contributed by atoms with Crippen LogP contribution in [0.15, 0.2) is 29.2 Å². The van der Waals surface area contributed by atoms with Crippen molar-refractivity contribution >= 4 is 17.7 Å². The Bertz CT molecular complexity index is 381. The van der Waals surface area contributed by atoms with Gasteiger partial charge in [0.2, 0.25) is 5.91 Å². The maximum Gasteiger partial charge on any atom is 0.233 e. The summed E-state index contributed by atoms with van der Waals surface area (Å²) in [5.74, 6) is 0.366. The summed E-state index contributed by atoms with van der Waals surface area (Å²) >= 11 is 1.53. The van der Waals surface area contributed by atoms with Crippen LogP contribution in [0.3, 0.4) is 0 Å². The van der Waals surface area contributed by atoms with Gasteiger partial charge in [-0.05, 0) is 31.0 Å². The molecular weight excluding hydrogens is 222 g/mol. The third-order valence-corrected chi connectivity index (χ3v) is 3.84. The minimum Gasteiger partial charge on any atom is -0.508 e. The average Bonchev–Trinajstić information content (AvgIpc) is 2.45. The highest BCUT2D eigenvalue weighted by atomic mass is 32.2. The number of phenolic OH excluding ortho intramolecular Hbond substituents is 1. The third kappa shape index (κ3) is 2.92. The standard InChI is InChI=1S/C12H15NO2S/c14-9-4-3-5-10(8-9)16-11-6-1-2-7-13-12(11)15/h3-5,8,11,14H,1-2,6-7H2,(H,13,15). The van der Waals surface area contributed by atoms with Crippen molar-refractivity contribution in [2.24, 2.45) is 0 Å². The van der Waals surface area contributed by atoms with Crippen LogP contribution >= 0.6 is 11.8 Å². The van der Waals surface area contributed by atoms with Crippen LogP contribution in [0.25, 0.3) is 0 Å². The van der Waals surface area contributed by atoms with Crippen molar-refractivity contribution in [2.45, 2.75) is 29.4 Å². The molecule has 1 aromatic rings. The lowest BCUT2D eigenvalue weighted by atomic mass is 10.2. The van der Waals surface area contributed by atoms with Crippen molar-refractivity contribution in [1.82, 2.24) is 5.32 Å². The van der Waals surface area contributed by atoms with Crippen molar-refractivity contribution in [3.8, 4) is 5.75 Å². The lowest BCUT2D eigenvalue weighted by Gasteiger charge is -2.12. The molecule has 1 aliphatic heterocycles. The largest absolute Gasteiger partial charge is 0.508 e. The highest BCUT2D eigenvalue weighted by molar-refractivity contribution is 8.00. The lowest BCUT2D eigenvalue weighted by molar-refractivity contribution is -0.120. The van der Waals surface area contributed by atoms with E-state index in [4.69, 9.17) is 0 Å². The molecule has 1 amide bonds. The molecule has 0 radical (unpaired) electrons. The van der Waals surface area contributed by atoms with Gasteiger partial charge in [-0.3, -0.25) is 4.79 Å². The molecular formula is C12H15NO2S. The number of nitrogens with one attached hydrogen (secondary N) is 1. The average molecular weight is 237 g/mol. The quantitative estimate of drug-likeness (QED) is 0.828. The molecule has 0 aromatic heterocycles. The van der Waals surface area contributed by atoms with Gasteiger partial charge in [0.25, 0.3) is 0 Å². The molecule has 2 N–H and O–H groups in total. The van der Waals surface area contributed by atoms with Crippen LogP contribution in [0.5, 0.6) is 5.75 Å². The predicted molar refractivity (Wildman–Crippen MR) is 64.6 cm³/mol. The summed E-state index contributed by atoms with van der Waals surface area (Å²) in [5.41, 5.74) is 0. The monoisotopic (exact) mass is 237 g/mol. The number of benzene rings is 1. The Labute approximate surface area is 99.2 Å². The van der Waals surface area contributed by atoms with E-state index in [1.807, 2.05) is 6.07 Å². The van der Waals surface area contributed by atoms with Crippen molar-refractivity contribution < 1.29 is 9.90 Å². The topological polar surface area (TPSA) is 49.3 Å². The summed E-state index contributed by atoms with van der Waals surface area (Å²) in [6.45, 7) is 0.788. The molecule has 1 fully saturated rings. The van der Waals surface area contributed by atoms with Crippen LogP contribution in [-0.4, -0.2) is 22.8 Å². The summed E-state index contributed by atoms with van der Waals surface area (Å²) in [6.07, 6.45) is 3.05. The molecule has 0 saturated carbocycles. The van der Waals surface area contributed by atoms with E-state index in [2.05, 4.69) is 5.32 Å². The fourth-order valence-electron chi connectivity index (χ4n) is 1.74. The predicted octanol–water partition coefficient (Wildman–Crippen LogP) is 2.15. The molecule has 1 atom stereocenters. The highest BCUT2D eigenvalue weighted by Gasteiger charge is 2.21. The fraction of sp³-hybridized carbons (Fsp3) is 0.417. The number of hydrogen-bond donors (Lipinski definition) is 2. The summed E-state index contributed by atoms with van der Waals surface area (Å²) in [6, 6.07) is 7.05. The van der Waals surface area contributed by atoms with Crippen LogP contribution in [0.1, 0.15) is 19.3 Å². The first kappa shape index (κ1) is 11.3. The van der Waals surface area contributed by atoms with Crippen LogP contribution in [0.4, 0.5) is 0 Å². The van der Waals surface area contributed by atoms with Gasteiger partial charge in [0.05, 0.1) is 5.25 Å². The van der Waals surface area contributed by atoms with Crippen LogP contribution in [0.2, 0.25) is 0 Å². The first-order valence-electron chi connectivity index (χ1n) is 5.49. The molecule has 1 saturated heterocycles. The van der Waals surface area contributed by atoms with Crippen molar-refractivity contribution in [1.29, 1.82) is 0 Å². The summed E-state index contributed by atoms with van der Waals surface area (Å²) < 4.78 is 0. The Morgan fingerprint density at radius 3 is 3.06 bits per heavy atom. The van der Waals surface area contributed by atoms with E-state index in [1.54, 1.807) is 18.2 Å². The van der Waals surface area contributed by atoms with Gasteiger partial charge in [-0.2, -0.15) is 0 Å². The number of phenols is 1. The SMILES string of the molecule is O=C1NCCCCC1Sc1cccc(O)c1. The zero-order valence-corrected chi connectivity index (χ0v) is 9.80. The summed E-state index contributed by atoms with van der Waals surface area (Å²) in [5, 5.41) is 12.2. The zero-order chi connectivity index (χ0) is 11.4. The Hall–Kier alpha value is -1.16. The van der Waals surface area contributed by atoms with E-state index >= 15 is 0 Å². The van der Waals surface area contributed by atoms with Crippen LogP contribution in [0, 0.1) is 0 Å². The van der Waals surface area contributed by atoms with Crippen LogP contribution in [-0.2, 0) is 4.79 Å². The first-order chi connectivity index (χ1) is 7.75. The van der Waals surface area contributed by atoms with Gasteiger partial charge >= 0.3 is 0 Å². The molecule has 16 heavy (non-hydrogen) atoms. The van der Waals surface area contributed by atoms with Crippen molar-refractivity contribution in [3.63, 3.8) is 0 Å². The molecule has 0 bridgehead atoms. The molecule has 86 valence electrons. The number of thioether (sulfide) groups is 1. The minimum absolute atomic E-state index is 0.0238. The molecule has 1 heterocycles. The smallest absolute Gasteiger partial charge is 0.233 e. The van der Waals surface area contributed by atoms with E-state index in [0.29, 0.717) is 0 Å². The second-order valence-corrected chi connectivity index (χ2v) is 5.17. The Kier molecular flexibility index (Phi) is 3.72. The number of hydrogen-bond acceptors (Lipinski definition) is 3. The lowest BCUT2D eigenvalue weighted by Crippen LogP contribution is -2.30. The second kappa shape index (κ2) is 5.25. The van der Waals surface area contributed by atoms with Gasteiger partial charge in [0.15, 0.2) is 0 Å². The zero-order valence-electron chi connectivity index (χ0n) is 8.98. The molecule has 4 heteroatoms. The van der Waals surface area contributed by atoms with E-state index < -0.39 is 0 Å². The number of amides is 1. The summed E-state index contributed by atoms with van der Waals surface area (Å²) in [4.78, 5) is 12.7. The van der Waals surface area contributed by atoms with E-state index in [9.17, 15) is 9.90 Å². The fourth-order valence-corrected chi connectivity index (χ4v) is 2.89. The maximum absolute atomic E-state index is 11.7. The van der Waals surface area contributed by atoms with E-state index in [0.717, 1.165) is 30.7 Å². The van der Waals surface area contributed by atoms with Crippen LogP contribution < -0.4 is 5.32 Å². The van der Waals surface area contributed by atoms with Gasteiger partial charge in [-0.15, -0.1) is 11.8 Å². The van der Waals surface area contributed by atoms with E-state index in [1.165, 1.54) is 11.8 Å². The third-order valence-electron chi connectivity index (χ3n) is 2.58. The second-order valence-electron chi connectivity index (χ2n) is 3.89. The Morgan fingerprint density at radius 2 is 2.25 bits per heavy atom. The number of rotatable bonds is 2. The first-order valence-corrected chi connectivity index (χ1v) is 6.37. The number of carbonyl (C=O) groups is 1. The number of aromatic hydroxyl groups is 1. The van der Waals surface area contributed by atoms with Crippen molar-refractivity contribution in [3.05, 3.63) is 24.3 Å². The highest BCUT2D eigenvalue weighted by Crippen LogP contribution is 2.29. The maximum atomic E-state index is 11.7. The normalized spacial score (nSPS) is 21.2. The van der Waals surface area contributed by atoms with Gasteiger partial charge in [-0.25, -0.2) is 0 Å². The molecule has 0 aliphatic carbocycles. The Morgan fingerprint density at radius 1 is 1.38 bits per heavy atom. The molecule has 0 spiro atoms. The minimum atomic E-state index is -0.0238. The van der Waals surface area contributed by atoms with Gasteiger partial charge in [0.1, 0.15) is 5.75 Å². The molecule has 2 rings (SSSR count). The van der Waals surface area contributed by atoms with E-state index in [-0.39, 0.29) is 16.9 Å². The van der Waals surface area contributed by atoms with Gasteiger partial charge < -0.3 is 10.4 Å². The number of carbonyl (C=O) groups excluding carboxylic acids is 1. The van der Waals surface area contributed by atoms with Crippen molar-refractivity contribution in [2.75, 3.05) is 6.54 Å². The Balaban J connectivity index is 2.05. The van der Waals surface area contributed by atoms with Gasteiger partial charge in [0, 0.05) is 11.4 Å². The molecule has 1 unspecified atom stereocenters. The van der Waals surface area contributed by atoms with Gasteiger partial charge in [-0.1, -0.05) is 12.5 Å². The molecule has 1 aliphatic rings. The molecule has 3 nitrogen and oxygen atoms in total.